The second-order valence-corrected chi connectivity index (χ2v) is 7.44. The highest BCUT2D eigenvalue weighted by Crippen LogP contribution is 2.22. The summed E-state index contributed by atoms with van der Waals surface area (Å²) in [6.45, 7) is 4.78. The number of ether oxygens (including phenoxy) is 1. The molecule has 1 heterocycles. The lowest BCUT2D eigenvalue weighted by atomic mass is 10.1. The van der Waals surface area contributed by atoms with Gasteiger partial charge < -0.3 is 15.4 Å². The molecule has 1 saturated heterocycles. The number of aliphatic imine (C=N–C) groups is 1. The van der Waals surface area contributed by atoms with Gasteiger partial charge in [0.1, 0.15) is 0 Å². The molecule has 0 radical (unpaired) electrons. The van der Waals surface area contributed by atoms with Gasteiger partial charge in [0.05, 0.1) is 19.8 Å². The standard InChI is InChI=1S/C20H31F3N4O.HI/c1-16(13-28-14-17-6-4-3-5-7-17)10-25-19(24-2)26-11-18-8-9-27(12-18)15-20(21,22)23;/h3-7,16,18H,8-15H2,1-2H3,(H2,24,25,26);1H. The summed E-state index contributed by atoms with van der Waals surface area (Å²) in [5.74, 6) is 1.17. The van der Waals surface area contributed by atoms with Gasteiger partial charge in [-0.15, -0.1) is 24.0 Å². The molecule has 2 N–H and O–H groups in total. The molecular weight excluding hydrogens is 496 g/mol. The van der Waals surface area contributed by atoms with Crippen molar-refractivity contribution in [2.45, 2.75) is 26.1 Å². The minimum atomic E-state index is -4.13. The highest BCUT2D eigenvalue weighted by molar-refractivity contribution is 14.0. The summed E-state index contributed by atoms with van der Waals surface area (Å²) in [6.07, 6.45) is -3.36. The molecule has 1 aliphatic heterocycles. The molecule has 166 valence electrons. The van der Waals surface area contributed by atoms with Gasteiger partial charge in [-0.2, -0.15) is 13.2 Å². The van der Waals surface area contributed by atoms with Gasteiger partial charge in [0.2, 0.25) is 0 Å². The monoisotopic (exact) mass is 528 g/mol. The number of benzene rings is 1. The molecule has 2 rings (SSSR count). The number of alkyl halides is 3. The summed E-state index contributed by atoms with van der Waals surface area (Å²) in [7, 11) is 1.69. The molecule has 0 spiro atoms. The van der Waals surface area contributed by atoms with Crippen molar-refractivity contribution in [1.29, 1.82) is 0 Å². The molecule has 2 atom stereocenters. The molecule has 9 heteroatoms. The smallest absolute Gasteiger partial charge is 0.376 e. The van der Waals surface area contributed by atoms with Crippen LogP contribution < -0.4 is 10.6 Å². The van der Waals surface area contributed by atoms with E-state index in [1.807, 2.05) is 30.3 Å². The average Bonchev–Trinajstić information content (AvgIpc) is 3.08. The van der Waals surface area contributed by atoms with Crippen LogP contribution in [-0.2, 0) is 11.3 Å². The molecule has 1 fully saturated rings. The Balaban J connectivity index is 0.00000420. The largest absolute Gasteiger partial charge is 0.401 e. The van der Waals surface area contributed by atoms with E-state index < -0.39 is 12.7 Å². The second kappa shape index (κ2) is 13.3. The first-order valence-electron chi connectivity index (χ1n) is 9.71. The first-order chi connectivity index (χ1) is 13.4. The summed E-state index contributed by atoms with van der Waals surface area (Å²) >= 11 is 0. The Morgan fingerprint density at radius 1 is 1.28 bits per heavy atom. The van der Waals surface area contributed by atoms with Gasteiger partial charge in [-0.1, -0.05) is 37.3 Å². The molecule has 2 unspecified atom stereocenters. The van der Waals surface area contributed by atoms with Crippen LogP contribution in [-0.4, -0.2) is 63.4 Å². The van der Waals surface area contributed by atoms with Crippen molar-refractivity contribution in [3.05, 3.63) is 35.9 Å². The third-order valence-electron chi connectivity index (χ3n) is 4.69. The highest BCUT2D eigenvalue weighted by Gasteiger charge is 2.34. The van der Waals surface area contributed by atoms with Gasteiger partial charge in [-0.25, -0.2) is 0 Å². The lowest BCUT2D eigenvalue weighted by Gasteiger charge is -2.19. The number of likely N-dealkylation sites (tertiary alicyclic amines) is 1. The average molecular weight is 528 g/mol. The van der Waals surface area contributed by atoms with Gasteiger partial charge >= 0.3 is 6.18 Å². The van der Waals surface area contributed by atoms with Gasteiger partial charge in [0, 0.05) is 26.7 Å². The van der Waals surface area contributed by atoms with E-state index in [1.54, 1.807) is 7.05 Å². The minimum Gasteiger partial charge on any atom is -0.376 e. The van der Waals surface area contributed by atoms with E-state index in [9.17, 15) is 13.2 Å². The first-order valence-corrected chi connectivity index (χ1v) is 9.71. The van der Waals surface area contributed by atoms with Gasteiger partial charge in [-0.05, 0) is 30.4 Å². The highest BCUT2D eigenvalue weighted by atomic mass is 127. The molecule has 0 aromatic heterocycles. The molecule has 5 nitrogen and oxygen atoms in total. The molecule has 1 aromatic rings. The van der Waals surface area contributed by atoms with Crippen LogP contribution in [0.3, 0.4) is 0 Å². The maximum atomic E-state index is 12.5. The molecule has 0 saturated carbocycles. The van der Waals surface area contributed by atoms with E-state index in [2.05, 4.69) is 22.5 Å². The van der Waals surface area contributed by atoms with Crippen molar-refractivity contribution >= 4 is 29.9 Å². The van der Waals surface area contributed by atoms with E-state index in [0.29, 0.717) is 51.3 Å². The van der Waals surface area contributed by atoms with Crippen LogP contribution >= 0.6 is 24.0 Å². The number of nitrogens with zero attached hydrogens (tertiary/aromatic N) is 2. The predicted octanol–water partition coefficient (Wildman–Crippen LogP) is 3.51. The Kier molecular flexibility index (Phi) is 11.9. The van der Waals surface area contributed by atoms with Crippen molar-refractivity contribution < 1.29 is 17.9 Å². The minimum absolute atomic E-state index is 0. The predicted molar refractivity (Wildman–Crippen MR) is 121 cm³/mol. The lowest BCUT2D eigenvalue weighted by Crippen LogP contribution is -2.42. The Bertz CT molecular complexity index is 601. The fourth-order valence-electron chi connectivity index (χ4n) is 3.22. The van der Waals surface area contributed by atoms with E-state index in [0.717, 1.165) is 12.0 Å². The van der Waals surface area contributed by atoms with Crippen LogP contribution in [0.1, 0.15) is 18.9 Å². The number of hydrogen-bond acceptors (Lipinski definition) is 3. The third kappa shape index (κ3) is 11.0. The summed E-state index contributed by atoms with van der Waals surface area (Å²) in [5, 5.41) is 6.48. The quantitative estimate of drug-likeness (QED) is 0.293. The van der Waals surface area contributed by atoms with Gasteiger partial charge in [0.15, 0.2) is 5.96 Å². The van der Waals surface area contributed by atoms with Crippen LogP contribution in [0.5, 0.6) is 0 Å². The van der Waals surface area contributed by atoms with Crippen molar-refractivity contribution in [2.24, 2.45) is 16.8 Å². The Labute approximate surface area is 188 Å². The zero-order valence-corrected chi connectivity index (χ0v) is 19.4. The molecule has 29 heavy (non-hydrogen) atoms. The molecule has 1 aliphatic rings. The molecule has 0 amide bonds. The fraction of sp³-hybridized carbons (Fsp3) is 0.650. The first kappa shape index (κ1) is 26.0. The van der Waals surface area contributed by atoms with Crippen LogP contribution in [0, 0.1) is 11.8 Å². The van der Waals surface area contributed by atoms with Crippen LogP contribution in [0.4, 0.5) is 13.2 Å². The third-order valence-corrected chi connectivity index (χ3v) is 4.69. The molecule has 0 bridgehead atoms. The lowest BCUT2D eigenvalue weighted by molar-refractivity contribution is -0.143. The molecular formula is C20H32F3IN4O. The number of guanidine groups is 1. The van der Waals surface area contributed by atoms with Crippen LogP contribution in [0.2, 0.25) is 0 Å². The maximum absolute atomic E-state index is 12.5. The maximum Gasteiger partial charge on any atom is 0.401 e. The topological polar surface area (TPSA) is 48.9 Å². The van der Waals surface area contributed by atoms with E-state index in [-0.39, 0.29) is 29.9 Å². The van der Waals surface area contributed by atoms with E-state index in [4.69, 9.17) is 4.74 Å². The summed E-state index contributed by atoms with van der Waals surface area (Å²) < 4.78 is 43.1. The Morgan fingerprint density at radius 2 is 2.00 bits per heavy atom. The van der Waals surface area contributed by atoms with Crippen molar-refractivity contribution in [2.75, 3.05) is 46.4 Å². The molecule has 0 aliphatic carbocycles. The van der Waals surface area contributed by atoms with E-state index >= 15 is 0 Å². The van der Waals surface area contributed by atoms with Crippen LogP contribution in [0.25, 0.3) is 0 Å². The number of hydrogen-bond donors (Lipinski definition) is 2. The summed E-state index contributed by atoms with van der Waals surface area (Å²) in [5.41, 5.74) is 1.15. The van der Waals surface area contributed by atoms with Crippen LogP contribution in [0.15, 0.2) is 35.3 Å². The van der Waals surface area contributed by atoms with Crippen molar-refractivity contribution in [3.63, 3.8) is 0 Å². The fourth-order valence-corrected chi connectivity index (χ4v) is 3.22. The van der Waals surface area contributed by atoms with Crippen molar-refractivity contribution in [1.82, 2.24) is 15.5 Å². The van der Waals surface area contributed by atoms with Gasteiger partial charge in [-0.3, -0.25) is 9.89 Å². The Morgan fingerprint density at radius 3 is 2.66 bits per heavy atom. The molecule has 1 aromatic carbocycles. The van der Waals surface area contributed by atoms with Crippen molar-refractivity contribution in [3.8, 4) is 0 Å². The van der Waals surface area contributed by atoms with E-state index in [1.165, 1.54) is 4.90 Å². The summed E-state index contributed by atoms with van der Waals surface area (Å²) in [6, 6.07) is 10.0. The number of halogens is 4. The summed E-state index contributed by atoms with van der Waals surface area (Å²) in [4.78, 5) is 5.65. The SMILES string of the molecule is CN=C(NCC(C)COCc1ccccc1)NCC1CCN(CC(F)(F)F)C1.I. The second-order valence-electron chi connectivity index (χ2n) is 7.44. The Hall–Kier alpha value is -1.07. The van der Waals surface area contributed by atoms with Gasteiger partial charge in [0.25, 0.3) is 0 Å². The zero-order chi connectivity index (χ0) is 20.4. The number of nitrogens with one attached hydrogen (secondary N) is 2. The zero-order valence-electron chi connectivity index (χ0n) is 17.0. The normalized spacial score (nSPS) is 18.9. The number of rotatable bonds is 9.